The largest absolute Gasteiger partial charge is 0.339 e. The molecule has 1 fully saturated rings. The third kappa shape index (κ3) is 2.87. The van der Waals surface area contributed by atoms with Crippen LogP contribution in [-0.2, 0) is 4.79 Å². The van der Waals surface area contributed by atoms with Crippen molar-refractivity contribution in [2.45, 2.75) is 32.6 Å². The maximum Gasteiger partial charge on any atom is 0.245 e. The van der Waals surface area contributed by atoms with Crippen molar-refractivity contribution in [1.29, 1.82) is 0 Å². The number of hydrogen-bond acceptors (Lipinski definition) is 1. The molecule has 0 aliphatic carbocycles. The number of carbonyl (C=O) groups is 1. The van der Waals surface area contributed by atoms with Crippen molar-refractivity contribution in [2.75, 3.05) is 13.1 Å². The Labute approximate surface area is 80.6 Å². The number of unbranched alkanes of at least 4 members (excludes halogenated alkanes) is 1. The molecular weight excluding hydrogens is 162 g/mol. The molecule has 1 rings (SSSR count). The van der Waals surface area contributed by atoms with Crippen LogP contribution in [0.3, 0.4) is 0 Å². The Hall–Kier alpha value is -0.790. The average Bonchev–Trinajstić information content (AvgIpc) is 2.62. The summed E-state index contributed by atoms with van der Waals surface area (Å²) in [6, 6.07) is 0. The van der Waals surface area contributed by atoms with Gasteiger partial charge in [-0.1, -0.05) is 26.3 Å². The maximum absolute atomic E-state index is 11.2. The molecule has 1 heterocycles. The van der Waals surface area contributed by atoms with E-state index < -0.39 is 0 Å². The fourth-order valence-electron chi connectivity index (χ4n) is 1.89. The predicted octanol–water partition coefficient (Wildman–Crippen LogP) is 2.21. The summed E-state index contributed by atoms with van der Waals surface area (Å²) in [4.78, 5) is 13.2. The number of nitrogens with zero attached hydrogens (tertiary/aromatic N) is 1. The van der Waals surface area contributed by atoms with E-state index in [-0.39, 0.29) is 5.91 Å². The predicted molar refractivity (Wildman–Crippen MR) is 54.4 cm³/mol. The van der Waals surface area contributed by atoms with Gasteiger partial charge in [0, 0.05) is 13.1 Å². The van der Waals surface area contributed by atoms with Crippen LogP contribution in [0.5, 0.6) is 0 Å². The van der Waals surface area contributed by atoms with Gasteiger partial charge in [0.1, 0.15) is 0 Å². The average molecular weight is 181 g/mol. The van der Waals surface area contributed by atoms with Crippen LogP contribution >= 0.6 is 0 Å². The Morgan fingerprint density at radius 1 is 1.69 bits per heavy atom. The number of likely N-dealkylation sites (tertiary alicyclic amines) is 1. The highest BCUT2D eigenvalue weighted by atomic mass is 16.2. The van der Waals surface area contributed by atoms with Gasteiger partial charge in [-0.25, -0.2) is 0 Å². The summed E-state index contributed by atoms with van der Waals surface area (Å²) in [6.07, 6.45) is 6.42. The Bertz CT molecular complexity index is 189. The van der Waals surface area contributed by atoms with E-state index >= 15 is 0 Å². The zero-order chi connectivity index (χ0) is 9.68. The lowest BCUT2D eigenvalue weighted by atomic mass is 10.0. The van der Waals surface area contributed by atoms with E-state index in [2.05, 4.69) is 13.5 Å². The second kappa shape index (κ2) is 5.05. The number of carbonyl (C=O) groups excluding carboxylic acids is 1. The van der Waals surface area contributed by atoms with Crippen molar-refractivity contribution in [3.8, 4) is 0 Å². The molecule has 0 bridgehead atoms. The lowest BCUT2D eigenvalue weighted by Crippen LogP contribution is -2.26. The molecule has 0 aromatic carbocycles. The lowest BCUT2D eigenvalue weighted by molar-refractivity contribution is -0.125. The second-order valence-corrected chi connectivity index (χ2v) is 3.79. The van der Waals surface area contributed by atoms with Crippen LogP contribution in [0.2, 0.25) is 0 Å². The highest BCUT2D eigenvalue weighted by molar-refractivity contribution is 5.87. The van der Waals surface area contributed by atoms with Gasteiger partial charge >= 0.3 is 0 Å². The van der Waals surface area contributed by atoms with Crippen LogP contribution in [0.25, 0.3) is 0 Å². The fourth-order valence-corrected chi connectivity index (χ4v) is 1.89. The molecule has 2 nitrogen and oxygen atoms in total. The molecule has 1 aliphatic heterocycles. The third-order valence-electron chi connectivity index (χ3n) is 2.74. The van der Waals surface area contributed by atoms with Crippen LogP contribution in [0.4, 0.5) is 0 Å². The van der Waals surface area contributed by atoms with E-state index in [0.717, 1.165) is 19.0 Å². The Morgan fingerprint density at radius 3 is 3.08 bits per heavy atom. The first-order valence-corrected chi connectivity index (χ1v) is 5.19. The highest BCUT2D eigenvalue weighted by Gasteiger charge is 2.23. The molecular formula is C11H19NO. The monoisotopic (exact) mass is 181 g/mol. The molecule has 0 radical (unpaired) electrons. The zero-order valence-corrected chi connectivity index (χ0v) is 8.46. The lowest BCUT2D eigenvalue weighted by Gasteiger charge is -2.13. The van der Waals surface area contributed by atoms with Crippen LogP contribution in [0.15, 0.2) is 12.7 Å². The van der Waals surface area contributed by atoms with E-state index in [4.69, 9.17) is 0 Å². The molecule has 1 amide bonds. The minimum atomic E-state index is 0.0963. The molecule has 1 atom stereocenters. The summed E-state index contributed by atoms with van der Waals surface area (Å²) in [5, 5.41) is 0. The molecule has 0 spiro atoms. The van der Waals surface area contributed by atoms with E-state index in [0.29, 0.717) is 0 Å². The first kappa shape index (κ1) is 10.3. The zero-order valence-electron chi connectivity index (χ0n) is 8.46. The first-order valence-electron chi connectivity index (χ1n) is 5.19. The van der Waals surface area contributed by atoms with Gasteiger partial charge in [0.25, 0.3) is 0 Å². The van der Waals surface area contributed by atoms with Crippen molar-refractivity contribution < 1.29 is 4.79 Å². The Morgan fingerprint density at radius 2 is 2.46 bits per heavy atom. The van der Waals surface area contributed by atoms with Gasteiger partial charge in [-0.05, 0) is 24.8 Å². The summed E-state index contributed by atoms with van der Waals surface area (Å²) in [5.41, 5.74) is 0. The van der Waals surface area contributed by atoms with Crippen LogP contribution in [0.1, 0.15) is 32.6 Å². The molecule has 0 saturated carbocycles. The van der Waals surface area contributed by atoms with Gasteiger partial charge in [-0.2, -0.15) is 0 Å². The first-order chi connectivity index (χ1) is 6.27. The number of rotatable bonds is 4. The summed E-state index contributed by atoms with van der Waals surface area (Å²) in [7, 11) is 0. The molecule has 0 N–H and O–H groups in total. The standard InChI is InChI=1S/C11H19NO/c1-3-5-6-10-7-8-12(9-10)11(13)4-2/h4,10H,2-3,5-9H2,1H3. The van der Waals surface area contributed by atoms with Gasteiger partial charge in [0.15, 0.2) is 0 Å². The van der Waals surface area contributed by atoms with Crippen LogP contribution in [0, 0.1) is 5.92 Å². The topological polar surface area (TPSA) is 20.3 Å². The van der Waals surface area contributed by atoms with E-state index in [1.165, 1.54) is 31.8 Å². The van der Waals surface area contributed by atoms with Crippen molar-refractivity contribution in [2.24, 2.45) is 5.92 Å². The van der Waals surface area contributed by atoms with E-state index in [1.807, 2.05) is 4.90 Å². The number of hydrogen-bond donors (Lipinski definition) is 0. The molecule has 0 aromatic heterocycles. The van der Waals surface area contributed by atoms with Crippen molar-refractivity contribution >= 4 is 5.91 Å². The van der Waals surface area contributed by atoms with Crippen LogP contribution < -0.4 is 0 Å². The van der Waals surface area contributed by atoms with Gasteiger partial charge in [0.05, 0.1) is 0 Å². The Balaban J connectivity index is 2.27. The molecule has 74 valence electrons. The van der Waals surface area contributed by atoms with E-state index in [9.17, 15) is 4.79 Å². The van der Waals surface area contributed by atoms with E-state index in [1.54, 1.807) is 0 Å². The quantitative estimate of drug-likeness (QED) is 0.609. The molecule has 2 heteroatoms. The molecule has 1 saturated heterocycles. The van der Waals surface area contributed by atoms with Gasteiger partial charge in [-0.3, -0.25) is 4.79 Å². The normalized spacial score (nSPS) is 21.9. The Kier molecular flexibility index (Phi) is 4.00. The van der Waals surface area contributed by atoms with Crippen LogP contribution in [-0.4, -0.2) is 23.9 Å². The molecule has 1 unspecified atom stereocenters. The van der Waals surface area contributed by atoms with Crippen molar-refractivity contribution in [3.05, 3.63) is 12.7 Å². The second-order valence-electron chi connectivity index (χ2n) is 3.79. The minimum Gasteiger partial charge on any atom is -0.339 e. The third-order valence-corrected chi connectivity index (χ3v) is 2.74. The molecule has 1 aliphatic rings. The fraction of sp³-hybridized carbons (Fsp3) is 0.727. The summed E-state index contributed by atoms with van der Waals surface area (Å²) < 4.78 is 0. The number of amides is 1. The minimum absolute atomic E-state index is 0.0963. The van der Waals surface area contributed by atoms with Gasteiger partial charge in [-0.15, -0.1) is 0 Å². The van der Waals surface area contributed by atoms with Gasteiger partial charge in [0.2, 0.25) is 5.91 Å². The molecule has 0 aromatic rings. The molecule has 13 heavy (non-hydrogen) atoms. The highest BCUT2D eigenvalue weighted by Crippen LogP contribution is 2.21. The SMILES string of the molecule is C=CC(=O)N1CCC(CCCC)C1. The van der Waals surface area contributed by atoms with Crippen molar-refractivity contribution in [3.63, 3.8) is 0 Å². The van der Waals surface area contributed by atoms with Crippen molar-refractivity contribution in [1.82, 2.24) is 4.90 Å². The maximum atomic E-state index is 11.2. The summed E-state index contributed by atoms with van der Waals surface area (Å²) in [5.74, 6) is 0.836. The van der Waals surface area contributed by atoms with Gasteiger partial charge < -0.3 is 4.90 Å². The summed E-state index contributed by atoms with van der Waals surface area (Å²) in [6.45, 7) is 7.59. The smallest absolute Gasteiger partial charge is 0.245 e. The summed E-state index contributed by atoms with van der Waals surface area (Å²) >= 11 is 0.